The Morgan fingerprint density at radius 2 is 1.39 bits per heavy atom. The number of fused-ring (bicyclic) bond motifs is 2. The number of carboxylic acid groups (broad SMARTS) is 1. The lowest BCUT2D eigenvalue weighted by atomic mass is 9.86. The van der Waals surface area contributed by atoms with Crippen LogP contribution in [0.4, 0.5) is 9.59 Å². The molecule has 3 N–H and O–H groups in total. The van der Waals surface area contributed by atoms with Gasteiger partial charge in [-0.2, -0.15) is 0 Å². The first-order valence-electron chi connectivity index (χ1n) is 19.5. The first kappa shape index (κ1) is 37.2. The Balaban J connectivity index is 0.991. The SMILES string of the molecule is CCO[C@@H]1C[C@@H](c2nc3ccc(CCc4ccc5nc([C@]6(Cc7ccccc7)C[C@@H](OCC)CN6C(=O)O)[nH]c5c4)cc3[nH]2)N(C(=O)OCc2ccccc2)C1. The number of nitrogens with one attached hydrogen (secondary N) is 2. The summed E-state index contributed by atoms with van der Waals surface area (Å²) in [6, 6.07) is 31.9. The number of H-pyrrole nitrogens is 2. The summed E-state index contributed by atoms with van der Waals surface area (Å²) in [6.45, 7) is 5.90. The number of aromatic nitrogens is 4. The second-order valence-electron chi connectivity index (χ2n) is 14.8. The maximum absolute atomic E-state index is 13.3. The van der Waals surface area contributed by atoms with Crippen LogP contribution >= 0.6 is 0 Å². The number of amides is 2. The van der Waals surface area contributed by atoms with E-state index in [1.165, 1.54) is 4.90 Å². The van der Waals surface area contributed by atoms with E-state index in [1.807, 2.05) is 86.6 Å². The number of aryl methyl sites for hydroxylation is 2. The van der Waals surface area contributed by atoms with Crippen molar-refractivity contribution in [1.29, 1.82) is 0 Å². The summed E-state index contributed by atoms with van der Waals surface area (Å²) in [4.78, 5) is 46.3. The molecule has 4 aromatic carbocycles. The number of aromatic amines is 2. The molecule has 2 aliphatic rings. The average Bonchev–Trinajstić information content (AvgIpc) is 4.01. The molecular weight excluding hydrogens is 709 g/mol. The molecule has 0 bridgehead atoms. The summed E-state index contributed by atoms with van der Waals surface area (Å²) in [7, 11) is 0. The van der Waals surface area contributed by atoms with Crippen LogP contribution in [0.25, 0.3) is 22.1 Å². The van der Waals surface area contributed by atoms with E-state index >= 15 is 0 Å². The topological polar surface area (TPSA) is 146 Å². The third-order valence-corrected chi connectivity index (χ3v) is 11.1. The highest BCUT2D eigenvalue weighted by atomic mass is 16.6. The van der Waals surface area contributed by atoms with Gasteiger partial charge in [0.25, 0.3) is 0 Å². The third kappa shape index (κ3) is 7.71. The fraction of sp³-hybridized carbons (Fsp3) is 0.364. The highest BCUT2D eigenvalue weighted by molar-refractivity contribution is 5.78. The van der Waals surface area contributed by atoms with Crippen LogP contribution in [0.5, 0.6) is 0 Å². The van der Waals surface area contributed by atoms with Crippen molar-refractivity contribution in [2.24, 2.45) is 0 Å². The zero-order chi connectivity index (χ0) is 38.6. The van der Waals surface area contributed by atoms with Gasteiger partial charge < -0.3 is 29.3 Å². The van der Waals surface area contributed by atoms with Gasteiger partial charge in [-0.1, -0.05) is 72.8 Å². The van der Waals surface area contributed by atoms with E-state index in [9.17, 15) is 14.7 Å². The van der Waals surface area contributed by atoms with Crippen molar-refractivity contribution in [3.8, 4) is 0 Å². The number of likely N-dealkylation sites (tertiary alicyclic amines) is 2. The molecule has 2 aliphatic heterocycles. The minimum atomic E-state index is -0.984. The second-order valence-corrected chi connectivity index (χ2v) is 14.8. The molecule has 8 rings (SSSR count). The summed E-state index contributed by atoms with van der Waals surface area (Å²) in [5.74, 6) is 1.36. The number of rotatable bonds is 13. The van der Waals surface area contributed by atoms with Crippen LogP contribution < -0.4 is 0 Å². The van der Waals surface area contributed by atoms with Gasteiger partial charge in [-0.25, -0.2) is 19.6 Å². The normalized spacial score (nSPS) is 21.0. The number of hydrogen-bond acceptors (Lipinski definition) is 7. The largest absolute Gasteiger partial charge is 0.465 e. The van der Waals surface area contributed by atoms with Gasteiger partial charge in [0.05, 0.1) is 53.4 Å². The molecule has 290 valence electrons. The van der Waals surface area contributed by atoms with Gasteiger partial charge in [-0.05, 0) is 73.2 Å². The number of nitrogens with zero attached hydrogens (tertiary/aromatic N) is 4. The van der Waals surface area contributed by atoms with Crippen LogP contribution in [-0.4, -0.2) is 85.5 Å². The predicted octanol–water partition coefficient (Wildman–Crippen LogP) is 7.94. The monoisotopic (exact) mass is 756 g/mol. The minimum absolute atomic E-state index is 0.100. The Morgan fingerprint density at radius 3 is 2.05 bits per heavy atom. The molecule has 0 aliphatic carbocycles. The van der Waals surface area contributed by atoms with Crippen LogP contribution in [0.1, 0.15) is 66.6 Å². The maximum atomic E-state index is 13.3. The van der Waals surface area contributed by atoms with Gasteiger partial charge in [0.2, 0.25) is 0 Å². The lowest BCUT2D eigenvalue weighted by molar-refractivity contribution is 0.0610. The van der Waals surface area contributed by atoms with Gasteiger partial charge in [0, 0.05) is 32.5 Å². The highest BCUT2D eigenvalue weighted by Gasteiger charge is 2.52. The molecule has 0 saturated carbocycles. The fourth-order valence-electron chi connectivity index (χ4n) is 8.48. The second kappa shape index (κ2) is 16.2. The molecule has 12 heteroatoms. The summed E-state index contributed by atoms with van der Waals surface area (Å²) in [6.07, 6.45) is 1.52. The van der Waals surface area contributed by atoms with E-state index in [1.54, 1.807) is 4.90 Å². The van der Waals surface area contributed by atoms with Crippen LogP contribution in [0.3, 0.4) is 0 Å². The fourth-order valence-corrected chi connectivity index (χ4v) is 8.48. The number of hydrogen-bond donors (Lipinski definition) is 3. The summed E-state index contributed by atoms with van der Waals surface area (Å²) < 4.78 is 17.7. The lowest BCUT2D eigenvalue weighted by Crippen LogP contribution is -2.46. The molecule has 0 unspecified atom stereocenters. The zero-order valence-corrected chi connectivity index (χ0v) is 31.8. The van der Waals surface area contributed by atoms with Crippen molar-refractivity contribution in [2.75, 3.05) is 26.3 Å². The standard InChI is InChI=1S/C44H48N6O6/c1-3-54-33-23-39(49(26-33)43(53)56-28-32-13-9-6-10-14-32)40-45-35-19-17-29(21-37(35)46-40)15-16-30-18-20-36-38(22-30)48-41(47-36)44(24-31-11-7-5-8-12-31)25-34(55-4-2)27-50(44)42(51)52/h5-14,17-22,33-34,39H,3-4,15-16,23-28H2,1-2H3,(H,45,46)(H,47,48)(H,51,52)/t33-,34-,39+,44+/m1/s1. The molecule has 4 heterocycles. The van der Waals surface area contributed by atoms with Crippen LogP contribution in [0.15, 0.2) is 97.1 Å². The molecule has 2 fully saturated rings. The molecule has 2 aromatic heterocycles. The van der Waals surface area contributed by atoms with E-state index in [4.69, 9.17) is 24.2 Å². The van der Waals surface area contributed by atoms with Crippen LogP contribution in [0, 0.1) is 0 Å². The first-order valence-corrected chi connectivity index (χ1v) is 19.5. The summed E-state index contributed by atoms with van der Waals surface area (Å²) in [5.41, 5.74) is 6.79. The molecular formula is C44H48N6O6. The molecule has 0 radical (unpaired) electrons. The number of ether oxygens (including phenoxy) is 3. The van der Waals surface area contributed by atoms with Crippen LogP contribution in [0.2, 0.25) is 0 Å². The minimum Gasteiger partial charge on any atom is -0.465 e. The number of carbonyl (C=O) groups is 2. The Labute approximate surface area is 325 Å². The molecule has 56 heavy (non-hydrogen) atoms. The smallest absolute Gasteiger partial charge is 0.410 e. The van der Waals surface area contributed by atoms with Crippen molar-refractivity contribution in [3.05, 3.63) is 131 Å². The maximum Gasteiger partial charge on any atom is 0.410 e. The van der Waals surface area contributed by atoms with Gasteiger partial charge in [0.1, 0.15) is 23.8 Å². The zero-order valence-electron chi connectivity index (χ0n) is 31.8. The average molecular weight is 757 g/mol. The Bertz CT molecular complexity index is 2290. The predicted molar refractivity (Wildman–Crippen MR) is 212 cm³/mol. The van der Waals surface area contributed by atoms with E-state index < -0.39 is 11.6 Å². The van der Waals surface area contributed by atoms with Crippen molar-refractivity contribution in [1.82, 2.24) is 29.7 Å². The van der Waals surface area contributed by atoms with Gasteiger partial charge in [0.15, 0.2) is 0 Å². The van der Waals surface area contributed by atoms with E-state index in [-0.39, 0.29) is 37.5 Å². The van der Waals surface area contributed by atoms with Gasteiger partial charge in [-0.3, -0.25) is 9.80 Å². The highest BCUT2D eigenvalue weighted by Crippen LogP contribution is 2.42. The molecule has 2 amide bonds. The van der Waals surface area contributed by atoms with Gasteiger partial charge in [-0.15, -0.1) is 0 Å². The summed E-state index contributed by atoms with van der Waals surface area (Å²) in [5, 5.41) is 10.4. The first-order chi connectivity index (χ1) is 27.3. The van der Waals surface area contributed by atoms with E-state index in [0.717, 1.165) is 63.0 Å². The van der Waals surface area contributed by atoms with E-state index in [0.29, 0.717) is 44.8 Å². The molecule has 12 nitrogen and oxygen atoms in total. The van der Waals surface area contributed by atoms with Crippen molar-refractivity contribution in [2.45, 2.75) is 76.3 Å². The Hall–Kier alpha value is -5.72. The number of benzene rings is 4. The van der Waals surface area contributed by atoms with Crippen molar-refractivity contribution in [3.63, 3.8) is 0 Å². The van der Waals surface area contributed by atoms with E-state index in [2.05, 4.69) is 34.2 Å². The van der Waals surface area contributed by atoms with Crippen LogP contribution in [-0.2, 0) is 45.6 Å². The van der Waals surface area contributed by atoms with Crippen molar-refractivity contribution >= 4 is 34.3 Å². The van der Waals surface area contributed by atoms with Gasteiger partial charge >= 0.3 is 12.2 Å². The number of imidazole rings is 2. The van der Waals surface area contributed by atoms with Crippen molar-refractivity contribution < 1.29 is 28.9 Å². The Morgan fingerprint density at radius 1 is 0.768 bits per heavy atom. The molecule has 4 atom stereocenters. The summed E-state index contributed by atoms with van der Waals surface area (Å²) >= 11 is 0. The number of carbonyl (C=O) groups excluding carboxylic acids is 1. The Kier molecular flexibility index (Phi) is 10.7. The molecule has 2 saturated heterocycles. The molecule has 6 aromatic rings. The molecule has 0 spiro atoms. The third-order valence-electron chi connectivity index (χ3n) is 11.1. The quantitative estimate of drug-likeness (QED) is 0.108. The lowest BCUT2D eigenvalue weighted by Gasteiger charge is -2.35.